The van der Waals surface area contributed by atoms with E-state index in [9.17, 15) is 19.2 Å². The third kappa shape index (κ3) is 6.54. The zero-order valence-corrected chi connectivity index (χ0v) is 18.4. The second kappa shape index (κ2) is 11.1. The van der Waals surface area contributed by atoms with Gasteiger partial charge < -0.3 is 25.8 Å². The van der Waals surface area contributed by atoms with Crippen LogP contribution in [-0.4, -0.2) is 37.1 Å². The number of urea groups is 1. The number of ether oxygens (including phenoxy) is 2. The van der Waals surface area contributed by atoms with Gasteiger partial charge in [0.1, 0.15) is 5.00 Å². The first-order valence-electron chi connectivity index (χ1n) is 9.65. The average Bonchev–Trinajstić information content (AvgIpc) is 3.05. The Kier molecular flexibility index (Phi) is 8.56. The van der Waals surface area contributed by atoms with Gasteiger partial charge in [-0.3, -0.25) is 4.79 Å². The molecular weight excluding hydrogens is 422 g/mol. The minimum absolute atomic E-state index is 0.221. The largest absolute Gasteiger partial charge is 0.462 e. The Balaban J connectivity index is 1.98. The van der Waals surface area contributed by atoms with E-state index in [-0.39, 0.29) is 18.7 Å². The maximum absolute atomic E-state index is 12.3. The molecule has 0 radical (unpaired) electrons. The summed E-state index contributed by atoms with van der Waals surface area (Å²) in [5.74, 6) is -1.74. The smallest absolute Gasteiger partial charge is 0.341 e. The van der Waals surface area contributed by atoms with E-state index in [1.54, 1.807) is 19.1 Å². The van der Waals surface area contributed by atoms with Crippen LogP contribution in [0.5, 0.6) is 0 Å². The van der Waals surface area contributed by atoms with Gasteiger partial charge in [-0.25, -0.2) is 14.4 Å². The predicted molar refractivity (Wildman–Crippen MR) is 116 cm³/mol. The van der Waals surface area contributed by atoms with Crippen LogP contribution >= 0.6 is 11.3 Å². The van der Waals surface area contributed by atoms with Crippen LogP contribution in [0.1, 0.15) is 50.6 Å². The molecule has 0 saturated carbocycles. The number of thiophene rings is 1. The summed E-state index contributed by atoms with van der Waals surface area (Å²) in [7, 11) is 0. The second-order valence-corrected chi connectivity index (χ2v) is 7.68. The molecule has 0 spiro atoms. The quantitative estimate of drug-likeness (QED) is 0.506. The number of nitrogens with one attached hydrogen (secondary N) is 2. The highest BCUT2D eigenvalue weighted by Crippen LogP contribution is 2.34. The molecule has 0 aliphatic heterocycles. The summed E-state index contributed by atoms with van der Waals surface area (Å²) in [6.07, 6.45) is 0.617. The Morgan fingerprint density at radius 1 is 1.03 bits per heavy atom. The number of amides is 3. The van der Waals surface area contributed by atoms with Crippen molar-refractivity contribution in [3.8, 4) is 0 Å². The molecule has 0 aliphatic rings. The van der Waals surface area contributed by atoms with E-state index in [0.29, 0.717) is 17.0 Å². The maximum Gasteiger partial charge on any atom is 0.341 e. The zero-order valence-electron chi connectivity index (χ0n) is 17.6. The number of benzene rings is 1. The lowest BCUT2D eigenvalue weighted by molar-refractivity contribution is -0.119. The summed E-state index contributed by atoms with van der Waals surface area (Å²) in [4.78, 5) is 48.4. The molecule has 1 heterocycles. The van der Waals surface area contributed by atoms with Crippen LogP contribution in [0.25, 0.3) is 0 Å². The van der Waals surface area contributed by atoms with Crippen molar-refractivity contribution in [1.82, 2.24) is 5.32 Å². The summed E-state index contributed by atoms with van der Waals surface area (Å²) in [6, 6.07) is 5.67. The molecule has 4 N–H and O–H groups in total. The van der Waals surface area contributed by atoms with Gasteiger partial charge in [-0.1, -0.05) is 19.1 Å². The van der Waals surface area contributed by atoms with Crippen molar-refractivity contribution in [2.45, 2.75) is 33.7 Å². The molecule has 9 nitrogen and oxygen atoms in total. The molecule has 2 rings (SSSR count). The molecule has 10 heteroatoms. The molecule has 1 aromatic heterocycles. The Morgan fingerprint density at radius 2 is 1.71 bits per heavy atom. The molecule has 0 unspecified atom stereocenters. The van der Waals surface area contributed by atoms with Crippen LogP contribution in [-0.2, 0) is 27.2 Å². The lowest BCUT2D eigenvalue weighted by atomic mass is 10.1. The Morgan fingerprint density at radius 3 is 2.29 bits per heavy atom. The number of primary amides is 1. The number of rotatable bonds is 9. The van der Waals surface area contributed by atoms with Crippen molar-refractivity contribution in [3.05, 3.63) is 51.4 Å². The van der Waals surface area contributed by atoms with E-state index in [4.69, 9.17) is 15.2 Å². The number of hydrogen-bond donors (Lipinski definition) is 3. The second-order valence-electron chi connectivity index (χ2n) is 6.45. The van der Waals surface area contributed by atoms with E-state index in [1.807, 2.05) is 13.8 Å². The predicted octanol–water partition coefficient (Wildman–Crippen LogP) is 2.76. The number of aryl methyl sites for hydroxylation is 1. The minimum atomic E-state index is -0.674. The Labute approximate surface area is 183 Å². The van der Waals surface area contributed by atoms with E-state index in [2.05, 4.69) is 10.6 Å². The van der Waals surface area contributed by atoms with E-state index < -0.39 is 30.5 Å². The SMILES string of the molecule is CCOC(=O)c1c(NC(=O)COC(=O)c2ccc(CNC(N)=O)cc2)sc(C)c1CC. The molecule has 2 aromatic rings. The summed E-state index contributed by atoms with van der Waals surface area (Å²) in [5.41, 5.74) is 7.18. The van der Waals surface area contributed by atoms with Crippen molar-refractivity contribution in [1.29, 1.82) is 0 Å². The monoisotopic (exact) mass is 447 g/mol. The highest BCUT2D eigenvalue weighted by molar-refractivity contribution is 7.16. The van der Waals surface area contributed by atoms with Crippen LogP contribution in [0.15, 0.2) is 24.3 Å². The van der Waals surface area contributed by atoms with Gasteiger partial charge in [0.25, 0.3) is 5.91 Å². The number of anilines is 1. The number of hydrogen-bond acceptors (Lipinski definition) is 7. The number of nitrogens with two attached hydrogens (primary N) is 1. The first-order chi connectivity index (χ1) is 14.8. The summed E-state index contributed by atoms with van der Waals surface area (Å²) < 4.78 is 10.2. The van der Waals surface area contributed by atoms with Gasteiger partial charge in [0.2, 0.25) is 0 Å². The number of esters is 2. The van der Waals surface area contributed by atoms with Crippen molar-refractivity contribution in [2.75, 3.05) is 18.5 Å². The molecule has 0 fully saturated rings. The first-order valence-corrected chi connectivity index (χ1v) is 10.5. The van der Waals surface area contributed by atoms with Crippen molar-refractivity contribution < 1.29 is 28.7 Å². The molecule has 31 heavy (non-hydrogen) atoms. The van der Waals surface area contributed by atoms with Crippen LogP contribution in [0.4, 0.5) is 9.80 Å². The van der Waals surface area contributed by atoms with Gasteiger partial charge in [-0.2, -0.15) is 0 Å². The normalized spacial score (nSPS) is 10.3. The van der Waals surface area contributed by atoms with Crippen LogP contribution in [0, 0.1) is 6.92 Å². The molecule has 0 bridgehead atoms. The maximum atomic E-state index is 12.3. The fraction of sp³-hybridized carbons (Fsp3) is 0.333. The molecule has 0 atom stereocenters. The lowest BCUT2D eigenvalue weighted by Gasteiger charge is -2.09. The topological polar surface area (TPSA) is 137 Å². The average molecular weight is 448 g/mol. The molecule has 3 amide bonds. The third-order valence-electron chi connectivity index (χ3n) is 4.29. The molecule has 1 aromatic carbocycles. The highest BCUT2D eigenvalue weighted by atomic mass is 32.1. The Hall–Kier alpha value is -3.40. The van der Waals surface area contributed by atoms with Gasteiger partial charge >= 0.3 is 18.0 Å². The van der Waals surface area contributed by atoms with Crippen molar-refractivity contribution in [3.63, 3.8) is 0 Å². The van der Waals surface area contributed by atoms with Crippen LogP contribution in [0.2, 0.25) is 0 Å². The summed E-state index contributed by atoms with van der Waals surface area (Å²) in [6.45, 7) is 5.44. The van der Waals surface area contributed by atoms with Gasteiger partial charge in [0, 0.05) is 11.4 Å². The number of carbonyl (C=O) groups is 4. The standard InChI is InChI=1S/C21H25N3O6S/c1-4-15-12(3)31-18(17(15)20(27)29-5-2)24-16(25)11-30-19(26)14-8-6-13(7-9-14)10-23-21(22)28/h6-9H,4-5,10-11H2,1-3H3,(H,24,25)(H3,22,23,28). The lowest BCUT2D eigenvalue weighted by Crippen LogP contribution is -2.28. The summed E-state index contributed by atoms with van der Waals surface area (Å²) in [5, 5.41) is 5.45. The van der Waals surface area contributed by atoms with Gasteiger partial charge in [0.15, 0.2) is 6.61 Å². The zero-order chi connectivity index (χ0) is 23.0. The van der Waals surface area contributed by atoms with E-state index >= 15 is 0 Å². The van der Waals surface area contributed by atoms with Gasteiger partial charge in [0.05, 0.1) is 17.7 Å². The van der Waals surface area contributed by atoms with E-state index in [0.717, 1.165) is 16.0 Å². The molecule has 166 valence electrons. The first kappa shape index (κ1) is 23.9. The van der Waals surface area contributed by atoms with Crippen LogP contribution in [0.3, 0.4) is 0 Å². The van der Waals surface area contributed by atoms with Crippen molar-refractivity contribution >= 4 is 40.2 Å². The molecular formula is C21H25N3O6S. The third-order valence-corrected chi connectivity index (χ3v) is 5.35. The van der Waals surface area contributed by atoms with Crippen molar-refractivity contribution in [2.24, 2.45) is 5.73 Å². The molecule has 0 aliphatic carbocycles. The minimum Gasteiger partial charge on any atom is -0.462 e. The van der Waals surface area contributed by atoms with Gasteiger partial charge in [-0.05, 0) is 43.5 Å². The summed E-state index contributed by atoms with van der Waals surface area (Å²) >= 11 is 1.27. The van der Waals surface area contributed by atoms with E-state index in [1.165, 1.54) is 23.5 Å². The fourth-order valence-corrected chi connectivity index (χ4v) is 3.99. The van der Waals surface area contributed by atoms with Gasteiger partial charge in [-0.15, -0.1) is 11.3 Å². The van der Waals surface area contributed by atoms with Crippen LogP contribution < -0.4 is 16.4 Å². The highest BCUT2D eigenvalue weighted by Gasteiger charge is 2.23. The fourth-order valence-electron chi connectivity index (χ4n) is 2.84. The Bertz CT molecular complexity index is 968. The number of carbonyl (C=O) groups excluding carboxylic acids is 4. The molecule has 0 saturated heterocycles.